The lowest BCUT2D eigenvalue weighted by Crippen LogP contribution is -2.06. The monoisotopic (exact) mass is 322 g/mol. The van der Waals surface area contributed by atoms with Gasteiger partial charge in [0.05, 0.1) is 14.2 Å². The van der Waals surface area contributed by atoms with Crippen LogP contribution in [0.25, 0.3) is 10.8 Å². The lowest BCUT2D eigenvalue weighted by Gasteiger charge is -2.13. The van der Waals surface area contributed by atoms with Crippen LogP contribution in [0.3, 0.4) is 0 Å². The van der Waals surface area contributed by atoms with Crippen LogP contribution in [0.1, 0.15) is 11.1 Å². The molecule has 3 rings (SSSR count). The van der Waals surface area contributed by atoms with Gasteiger partial charge in [-0.15, -0.1) is 0 Å². The fraction of sp³-hybridized carbons (Fsp3) is 0.250. The molecule has 0 unspecified atom stereocenters. The number of hydrogen-bond donors (Lipinski definition) is 1. The molecule has 124 valence electrons. The Morgan fingerprint density at radius 1 is 1.00 bits per heavy atom. The summed E-state index contributed by atoms with van der Waals surface area (Å²) < 4.78 is 10.6. The van der Waals surface area contributed by atoms with E-state index in [1.165, 1.54) is 10.9 Å². The summed E-state index contributed by atoms with van der Waals surface area (Å²) >= 11 is 0. The number of fused-ring (bicyclic) bond motifs is 1. The van der Waals surface area contributed by atoms with Gasteiger partial charge in [0, 0.05) is 29.2 Å². The summed E-state index contributed by atoms with van der Waals surface area (Å²) in [5, 5.41) is 5.74. The second-order valence-corrected chi connectivity index (χ2v) is 5.70. The van der Waals surface area contributed by atoms with Crippen molar-refractivity contribution in [2.75, 3.05) is 26.1 Å². The molecule has 1 N–H and O–H groups in total. The van der Waals surface area contributed by atoms with Crippen LogP contribution in [0, 0.1) is 6.92 Å². The average molecular weight is 322 g/mol. The van der Waals surface area contributed by atoms with Crippen LogP contribution < -0.4 is 14.8 Å². The number of aryl methyl sites for hydroxylation is 1. The minimum absolute atomic E-state index is 0.661. The minimum Gasteiger partial charge on any atom is -0.497 e. The Kier molecular flexibility index (Phi) is 4.85. The molecule has 0 spiro atoms. The van der Waals surface area contributed by atoms with Crippen molar-refractivity contribution in [2.45, 2.75) is 13.3 Å². The third kappa shape index (κ3) is 3.27. The molecule has 0 saturated carbocycles. The number of anilines is 1. The zero-order chi connectivity index (χ0) is 16.9. The highest BCUT2D eigenvalue weighted by Gasteiger charge is 2.09. The summed E-state index contributed by atoms with van der Waals surface area (Å²) in [6, 6.07) is 14.4. The maximum absolute atomic E-state index is 5.38. The van der Waals surface area contributed by atoms with Crippen LogP contribution in [0.2, 0.25) is 0 Å². The molecule has 0 amide bonds. The Morgan fingerprint density at radius 3 is 2.50 bits per heavy atom. The number of methoxy groups -OCH3 is 2. The molecule has 4 nitrogen and oxygen atoms in total. The molecule has 0 aliphatic rings. The normalized spacial score (nSPS) is 10.6. The molecule has 0 radical (unpaired) electrons. The van der Waals surface area contributed by atoms with E-state index in [9.17, 15) is 0 Å². The molecule has 1 aromatic heterocycles. The lowest BCUT2D eigenvalue weighted by atomic mass is 10.1. The third-order valence-corrected chi connectivity index (χ3v) is 4.15. The molecule has 0 saturated heterocycles. The molecule has 24 heavy (non-hydrogen) atoms. The quantitative estimate of drug-likeness (QED) is 0.738. The van der Waals surface area contributed by atoms with E-state index in [-0.39, 0.29) is 0 Å². The highest BCUT2D eigenvalue weighted by Crippen LogP contribution is 2.31. The molecule has 0 atom stereocenters. The van der Waals surface area contributed by atoms with Gasteiger partial charge >= 0.3 is 0 Å². The van der Waals surface area contributed by atoms with Crippen molar-refractivity contribution >= 4 is 16.5 Å². The van der Waals surface area contributed by atoms with E-state index in [2.05, 4.69) is 35.4 Å². The zero-order valence-corrected chi connectivity index (χ0v) is 14.3. The third-order valence-electron chi connectivity index (χ3n) is 4.15. The maximum Gasteiger partial charge on any atom is 0.221 e. The molecule has 4 heteroatoms. The summed E-state index contributed by atoms with van der Waals surface area (Å²) in [6.07, 6.45) is 2.80. The number of nitrogens with zero attached hydrogens (tertiary/aromatic N) is 1. The second-order valence-electron chi connectivity index (χ2n) is 5.70. The number of ether oxygens (including phenoxy) is 2. The molecule has 1 heterocycles. The van der Waals surface area contributed by atoms with Crippen molar-refractivity contribution in [3.05, 3.63) is 59.8 Å². The van der Waals surface area contributed by atoms with Crippen LogP contribution in [0.15, 0.2) is 48.7 Å². The predicted molar refractivity (Wildman–Crippen MR) is 98.2 cm³/mol. The Balaban J connectivity index is 1.77. The second kappa shape index (κ2) is 7.21. The van der Waals surface area contributed by atoms with E-state index in [0.717, 1.165) is 35.4 Å². The van der Waals surface area contributed by atoms with Gasteiger partial charge in [0.2, 0.25) is 5.88 Å². The van der Waals surface area contributed by atoms with E-state index in [1.807, 2.05) is 30.5 Å². The molecule has 0 aliphatic carbocycles. The van der Waals surface area contributed by atoms with Gasteiger partial charge in [-0.1, -0.05) is 18.2 Å². The molecule has 0 bridgehead atoms. The lowest BCUT2D eigenvalue weighted by molar-refractivity contribution is 0.403. The molecule has 0 aliphatic heterocycles. The topological polar surface area (TPSA) is 43.4 Å². The first-order valence-electron chi connectivity index (χ1n) is 8.02. The van der Waals surface area contributed by atoms with Crippen molar-refractivity contribution < 1.29 is 9.47 Å². The van der Waals surface area contributed by atoms with Crippen molar-refractivity contribution in [2.24, 2.45) is 0 Å². The van der Waals surface area contributed by atoms with E-state index in [0.29, 0.717) is 5.88 Å². The predicted octanol–water partition coefficient (Wildman–Crippen LogP) is 4.22. The molecule has 3 aromatic rings. The Hall–Kier alpha value is -2.75. The van der Waals surface area contributed by atoms with E-state index >= 15 is 0 Å². The van der Waals surface area contributed by atoms with Crippen LogP contribution in [-0.4, -0.2) is 25.7 Å². The maximum atomic E-state index is 5.38. The summed E-state index contributed by atoms with van der Waals surface area (Å²) in [4.78, 5) is 4.35. The van der Waals surface area contributed by atoms with Crippen LogP contribution in [0.5, 0.6) is 11.6 Å². The molecule has 0 fully saturated rings. The van der Waals surface area contributed by atoms with Crippen molar-refractivity contribution in [1.29, 1.82) is 0 Å². The number of pyridine rings is 1. The van der Waals surface area contributed by atoms with E-state index in [4.69, 9.17) is 9.47 Å². The molecular formula is C20H22N2O2. The average Bonchev–Trinajstić information content (AvgIpc) is 2.63. The van der Waals surface area contributed by atoms with Crippen LogP contribution in [0.4, 0.5) is 5.69 Å². The van der Waals surface area contributed by atoms with Gasteiger partial charge < -0.3 is 14.8 Å². The molecule has 2 aromatic carbocycles. The summed E-state index contributed by atoms with van der Waals surface area (Å²) in [5.41, 5.74) is 3.53. The minimum atomic E-state index is 0.661. The van der Waals surface area contributed by atoms with Crippen LogP contribution in [-0.2, 0) is 6.42 Å². The summed E-state index contributed by atoms with van der Waals surface area (Å²) in [7, 11) is 3.34. The Bertz CT molecular complexity index is 829. The molecular weight excluding hydrogens is 300 g/mol. The zero-order valence-electron chi connectivity index (χ0n) is 14.3. The van der Waals surface area contributed by atoms with Gasteiger partial charge in [0.1, 0.15) is 5.75 Å². The van der Waals surface area contributed by atoms with Gasteiger partial charge in [0.25, 0.3) is 0 Å². The number of nitrogens with one attached hydrogen (secondary N) is 1. The van der Waals surface area contributed by atoms with Crippen molar-refractivity contribution in [1.82, 2.24) is 4.98 Å². The van der Waals surface area contributed by atoms with Gasteiger partial charge in [-0.05, 0) is 48.7 Å². The fourth-order valence-corrected chi connectivity index (χ4v) is 2.89. The first kappa shape index (κ1) is 16.1. The standard InChI is InChI=1S/C20H22N2O2/c1-14-13-22-20(24-3)17-5-4-6-18(19(14)17)21-12-11-15-7-9-16(23-2)10-8-15/h4-10,13,21H,11-12H2,1-3H3. The first-order chi connectivity index (χ1) is 11.7. The van der Waals surface area contributed by atoms with E-state index < -0.39 is 0 Å². The highest BCUT2D eigenvalue weighted by atomic mass is 16.5. The van der Waals surface area contributed by atoms with E-state index in [1.54, 1.807) is 14.2 Å². The number of benzene rings is 2. The van der Waals surface area contributed by atoms with Crippen LogP contribution >= 0.6 is 0 Å². The van der Waals surface area contributed by atoms with Gasteiger partial charge in [0.15, 0.2) is 0 Å². The first-order valence-corrected chi connectivity index (χ1v) is 8.02. The smallest absolute Gasteiger partial charge is 0.221 e. The van der Waals surface area contributed by atoms with Crippen molar-refractivity contribution in [3.8, 4) is 11.6 Å². The van der Waals surface area contributed by atoms with Gasteiger partial charge in [-0.3, -0.25) is 0 Å². The SMILES string of the molecule is COc1ccc(CCNc2cccc3c(OC)ncc(C)c23)cc1. The highest BCUT2D eigenvalue weighted by molar-refractivity contribution is 5.98. The van der Waals surface area contributed by atoms with Gasteiger partial charge in [-0.25, -0.2) is 4.98 Å². The number of hydrogen-bond acceptors (Lipinski definition) is 4. The Labute approximate surface area is 142 Å². The number of rotatable bonds is 6. The summed E-state index contributed by atoms with van der Waals surface area (Å²) in [5.74, 6) is 1.55. The van der Waals surface area contributed by atoms with Gasteiger partial charge in [-0.2, -0.15) is 0 Å². The Morgan fingerprint density at radius 2 is 1.79 bits per heavy atom. The largest absolute Gasteiger partial charge is 0.497 e. The number of aromatic nitrogens is 1. The van der Waals surface area contributed by atoms with Crippen molar-refractivity contribution in [3.63, 3.8) is 0 Å². The fourth-order valence-electron chi connectivity index (χ4n) is 2.89. The summed E-state index contributed by atoms with van der Waals surface area (Å²) in [6.45, 7) is 2.93.